The van der Waals surface area contributed by atoms with Crippen LogP contribution in [0.15, 0.2) is 24.3 Å². The number of amides is 2. The zero-order chi connectivity index (χ0) is 15.6. The van der Waals surface area contributed by atoms with E-state index in [0.717, 1.165) is 0 Å². The minimum absolute atomic E-state index is 0.255. The third kappa shape index (κ3) is 2.90. The lowest BCUT2D eigenvalue weighted by atomic mass is 10.1. The second-order valence-electron chi connectivity index (χ2n) is 5.21. The molecule has 0 saturated carbocycles. The second-order valence-corrected chi connectivity index (χ2v) is 5.21. The summed E-state index contributed by atoms with van der Waals surface area (Å²) in [5.41, 5.74) is 5.98. The van der Waals surface area contributed by atoms with E-state index in [1.807, 2.05) is 6.92 Å². The van der Waals surface area contributed by atoms with E-state index in [0.29, 0.717) is 19.4 Å². The number of likely N-dealkylation sites (N-methyl/N-ethyl adjacent to an activating group) is 1. The minimum Gasteiger partial charge on any atom is -0.332 e. The fourth-order valence-corrected chi connectivity index (χ4v) is 2.52. The average Bonchev–Trinajstić information content (AvgIpc) is 2.87. The van der Waals surface area contributed by atoms with Gasteiger partial charge in [0.05, 0.1) is 11.7 Å². The third-order valence-electron chi connectivity index (χ3n) is 3.89. The molecule has 0 radical (unpaired) electrons. The summed E-state index contributed by atoms with van der Waals surface area (Å²) in [5, 5.41) is 0. The van der Waals surface area contributed by atoms with Gasteiger partial charge in [0.2, 0.25) is 11.8 Å². The first-order valence-corrected chi connectivity index (χ1v) is 7.05. The predicted molar refractivity (Wildman–Crippen MR) is 78.2 cm³/mol. The normalized spacial score (nSPS) is 19.7. The fourth-order valence-electron chi connectivity index (χ4n) is 2.52. The number of nitrogens with zero attached hydrogens (tertiary/aromatic N) is 2. The summed E-state index contributed by atoms with van der Waals surface area (Å²) in [6.45, 7) is 2.21. The summed E-state index contributed by atoms with van der Waals surface area (Å²) in [4.78, 5) is 27.3. The van der Waals surface area contributed by atoms with Crippen molar-refractivity contribution >= 4 is 17.5 Å². The summed E-state index contributed by atoms with van der Waals surface area (Å²) >= 11 is 0. The highest BCUT2D eigenvalue weighted by atomic mass is 19.1. The van der Waals surface area contributed by atoms with Crippen molar-refractivity contribution in [2.45, 2.75) is 31.8 Å². The van der Waals surface area contributed by atoms with Crippen LogP contribution >= 0.6 is 0 Å². The fraction of sp³-hybridized carbons (Fsp3) is 0.467. The molecule has 2 rings (SSSR count). The van der Waals surface area contributed by atoms with E-state index in [-0.39, 0.29) is 17.5 Å². The van der Waals surface area contributed by atoms with Crippen molar-refractivity contribution in [1.82, 2.24) is 4.90 Å². The molecule has 2 atom stereocenters. The van der Waals surface area contributed by atoms with Gasteiger partial charge in [-0.2, -0.15) is 0 Å². The quantitative estimate of drug-likeness (QED) is 0.905. The lowest BCUT2D eigenvalue weighted by Gasteiger charge is -2.26. The van der Waals surface area contributed by atoms with Crippen molar-refractivity contribution in [3.63, 3.8) is 0 Å². The number of halogens is 1. The molecule has 0 aromatic heterocycles. The van der Waals surface area contributed by atoms with Crippen molar-refractivity contribution in [3.05, 3.63) is 30.1 Å². The lowest BCUT2D eigenvalue weighted by molar-refractivity contribution is -0.137. The van der Waals surface area contributed by atoms with Gasteiger partial charge in [-0.15, -0.1) is 0 Å². The largest absolute Gasteiger partial charge is 0.332 e. The zero-order valence-electron chi connectivity index (χ0n) is 12.3. The van der Waals surface area contributed by atoms with Crippen LogP contribution in [0.5, 0.6) is 0 Å². The first-order chi connectivity index (χ1) is 9.97. The van der Waals surface area contributed by atoms with Gasteiger partial charge in [-0.3, -0.25) is 9.59 Å². The molecule has 6 heteroatoms. The Bertz CT molecular complexity index is 549. The van der Waals surface area contributed by atoms with Crippen molar-refractivity contribution < 1.29 is 14.0 Å². The highest BCUT2D eigenvalue weighted by molar-refractivity contribution is 6.01. The summed E-state index contributed by atoms with van der Waals surface area (Å²) in [6.07, 6.45) is 0.993. The first kappa shape index (κ1) is 15.4. The number of benzene rings is 1. The van der Waals surface area contributed by atoms with Crippen LogP contribution in [0.2, 0.25) is 0 Å². The Balaban J connectivity index is 2.15. The molecular formula is C15H20FN3O2. The minimum atomic E-state index is -0.606. The standard InChI is InChI=1S/C15H20FN3O2/c1-3-11(17)14(20)18(2)13-8-9-19(15(13)21)12-7-5-4-6-10(12)16/h4-7,11,13H,3,8-9,17H2,1-2H3/t11-,13+/m1/s1. The maximum Gasteiger partial charge on any atom is 0.249 e. The van der Waals surface area contributed by atoms with Crippen molar-refractivity contribution in [3.8, 4) is 0 Å². The lowest BCUT2D eigenvalue weighted by Crippen LogP contribution is -2.49. The molecule has 5 nitrogen and oxygen atoms in total. The van der Waals surface area contributed by atoms with Crippen LogP contribution in [0.1, 0.15) is 19.8 Å². The number of para-hydroxylation sites is 1. The monoisotopic (exact) mass is 293 g/mol. The molecule has 1 heterocycles. The molecular weight excluding hydrogens is 273 g/mol. The van der Waals surface area contributed by atoms with E-state index in [1.54, 1.807) is 25.2 Å². The van der Waals surface area contributed by atoms with Gasteiger partial charge in [-0.1, -0.05) is 19.1 Å². The number of carbonyl (C=O) groups is 2. The highest BCUT2D eigenvalue weighted by Crippen LogP contribution is 2.26. The Kier molecular flexibility index (Phi) is 4.57. The Morgan fingerprint density at radius 1 is 1.52 bits per heavy atom. The van der Waals surface area contributed by atoms with Crippen molar-refractivity contribution in [2.75, 3.05) is 18.5 Å². The molecule has 21 heavy (non-hydrogen) atoms. The number of nitrogens with two attached hydrogens (primary N) is 1. The molecule has 1 aliphatic heterocycles. The summed E-state index contributed by atoms with van der Waals surface area (Å²) in [7, 11) is 1.57. The van der Waals surface area contributed by atoms with Crippen LogP contribution in [0.3, 0.4) is 0 Å². The van der Waals surface area contributed by atoms with E-state index in [2.05, 4.69) is 0 Å². The van der Waals surface area contributed by atoms with Crippen molar-refractivity contribution in [2.24, 2.45) is 5.73 Å². The Morgan fingerprint density at radius 3 is 2.81 bits per heavy atom. The van der Waals surface area contributed by atoms with E-state index in [4.69, 9.17) is 5.73 Å². The molecule has 0 spiro atoms. The molecule has 0 bridgehead atoms. The van der Waals surface area contributed by atoms with Gasteiger partial charge in [-0.05, 0) is 25.0 Å². The van der Waals surface area contributed by atoms with Crippen LogP contribution in [0, 0.1) is 5.82 Å². The topological polar surface area (TPSA) is 66.6 Å². The molecule has 1 aliphatic rings. The van der Waals surface area contributed by atoms with Gasteiger partial charge >= 0.3 is 0 Å². The number of rotatable bonds is 4. The Morgan fingerprint density at radius 2 is 2.19 bits per heavy atom. The number of carbonyl (C=O) groups excluding carboxylic acids is 2. The van der Waals surface area contributed by atoms with Crippen LogP contribution in [-0.4, -0.2) is 42.4 Å². The average molecular weight is 293 g/mol. The van der Waals surface area contributed by atoms with E-state index >= 15 is 0 Å². The molecule has 2 amide bonds. The van der Waals surface area contributed by atoms with Crippen LogP contribution in [0.25, 0.3) is 0 Å². The highest BCUT2D eigenvalue weighted by Gasteiger charge is 2.38. The molecule has 0 unspecified atom stereocenters. The molecule has 1 saturated heterocycles. The molecule has 1 fully saturated rings. The van der Waals surface area contributed by atoms with Gasteiger partial charge < -0.3 is 15.5 Å². The van der Waals surface area contributed by atoms with Crippen LogP contribution < -0.4 is 10.6 Å². The number of anilines is 1. The second kappa shape index (κ2) is 6.22. The predicted octanol–water partition coefficient (Wildman–Crippen LogP) is 1.13. The maximum atomic E-state index is 13.8. The SMILES string of the molecule is CC[C@@H](N)C(=O)N(C)[C@H]1CCN(c2ccccc2F)C1=O. The van der Waals surface area contributed by atoms with Gasteiger partial charge in [0.25, 0.3) is 0 Å². The van der Waals surface area contributed by atoms with Crippen molar-refractivity contribution in [1.29, 1.82) is 0 Å². The first-order valence-electron chi connectivity index (χ1n) is 7.05. The summed E-state index contributed by atoms with van der Waals surface area (Å²) in [5.74, 6) is -0.962. The Hall–Kier alpha value is -1.95. The van der Waals surface area contributed by atoms with E-state index in [1.165, 1.54) is 15.9 Å². The molecule has 1 aromatic rings. The summed E-state index contributed by atoms with van der Waals surface area (Å²) < 4.78 is 13.8. The van der Waals surface area contributed by atoms with Gasteiger partial charge in [0.15, 0.2) is 0 Å². The van der Waals surface area contributed by atoms with E-state index < -0.39 is 17.9 Å². The molecule has 0 aliphatic carbocycles. The van der Waals surface area contributed by atoms with Crippen LogP contribution in [0.4, 0.5) is 10.1 Å². The van der Waals surface area contributed by atoms with Gasteiger partial charge in [-0.25, -0.2) is 4.39 Å². The zero-order valence-corrected chi connectivity index (χ0v) is 12.3. The third-order valence-corrected chi connectivity index (χ3v) is 3.89. The molecule has 1 aromatic carbocycles. The smallest absolute Gasteiger partial charge is 0.249 e. The van der Waals surface area contributed by atoms with Gasteiger partial charge in [0.1, 0.15) is 11.9 Å². The number of hydrogen-bond donors (Lipinski definition) is 1. The van der Waals surface area contributed by atoms with E-state index in [9.17, 15) is 14.0 Å². The van der Waals surface area contributed by atoms with Gasteiger partial charge in [0, 0.05) is 13.6 Å². The Labute approximate surface area is 123 Å². The molecule has 2 N–H and O–H groups in total. The summed E-state index contributed by atoms with van der Waals surface area (Å²) in [6, 6.07) is 4.96. The van der Waals surface area contributed by atoms with Crippen LogP contribution in [-0.2, 0) is 9.59 Å². The maximum absolute atomic E-state index is 13.8. The number of hydrogen-bond acceptors (Lipinski definition) is 3. The molecule has 114 valence electrons.